The Kier molecular flexibility index (Phi) is 3.16. The molecule has 0 aliphatic heterocycles. The van der Waals surface area contributed by atoms with Crippen molar-refractivity contribution in [2.75, 3.05) is 12.8 Å². The SMILES string of the molecule is COc1cc(Cc2ccc3ccccc3n2)nc(N)n1. The highest BCUT2D eigenvalue weighted by atomic mass is 16.5. The molecule has 2 aromatic heterocycles. The zero-order valence-corrected chi connectivity index (χ0v) is 11.1. The number of pyridine rings is 1. The van der Waals surface area contributed by atoms with Gasteiger partial charge in [0.2, 0.25) is 11.8 Å². The standard InChI is InChI=1S/C15H14N4O/c1-20-14-9-12(18-15(16)19-14)8-11-7-6-10-4-2-3-5-13(10)17-11/h2-7,9H,8H2,1H3,(H2,16,18,19). The summed E-state index contributed by atoms with van der Waals surface area (Å²) in [6.45, 7) is 0. The van der Waals surface area contributed by atoms with Crippen LogP contribution in [0.25, 0.3) is 10.9 Å². The smallest absolute Gasteiger partial charge is 0.223 e. The second-order valence-electron chi connectivity index (χ2n) is 4.43. The quantitative estimate of drug-likeness (QED) is 0.786. The van der Waals surface area contributed by atoms with E-state index in [-0.39, 0.29) is 5.95 Å². The first-order valence-electron chi connectivity index (χ1n) is 6.27. The van der Waals surface area contributed by atoms with Crippen molar-refractivity contribution in [3.63, 3.8) is 0 Å². The van der Waals surface area contributed by atoms with Gasteiger partial charge in [-0.15, -0.1) is 0 Å². The Morgan fingerprint density at radius 1 is 1.00 bits per heavy atom. The minimum absolute atomic E-state index is 0.208. The number of ether oxygens (including phenoxy) is 1. The maximum Gasteiger partial charge on any atom is 0.223 e. The molecule has 3 rings (SSSR count). The molecule has 0 fully saturated rings. The van der Waals surface area contributed by atoms with E-state index in [1.165, 1.54) is 0 Å². The molecule has 0 radical (unpaired) electrons. The summed E-state index contributed by atoms with van der Waals surface area (Å²) in [6.07, 6.45) is 0.591. The van der Waals surface area contributed by atoms with E-state index in [2.05, 4.69) is 21.0 Å². The summed E-state index contributed by atoms with van der Waals surface area (Å²) in [6, 6.07) is 13.8. The summed E-state index contributed by atoms with van der Waals surface area (Å²) >= 11 is 0. The zero-order valence-electron chi connectivity index (χ0n) is 11.1. The van der Waals surface area contributed by atoms with Crippen LogP contribution >= 0.6 is 0 Å². The van der Waals surface area contributed by atoms with Crippen molar-refractivity contribution < 1.29 is 4.74 Å². The third kappa shape index (κ3) is 2.51. The van der Waals surface area contributed by atoms with E-state index in [9.17, 15) is 0 Å². The predicted molar refractivity (Wildman–Crippen MR) is 77.5 cm³/mol. The van der Waals surface area contributed by atoms with Gasteiger partial charge < -0.3 is 10.5 Å². The summed E-state index contributed by atoms with van der Waals surface area (Å²) < 4.78 is 5.09. The molecule has 100 valence electrons. The van der Waals surface area contributed by atoms with Crippen LogP contribution in [-0.4, -0.2) is 22.1 Å². The van der Waals surface area contributed by atoms with Crippen LogP contribution in [0.3, 0.4) is 0 Å². The highest BCUT2D eigenvalue weighted by Gasteiger charge is 2.05. The van der Waals surface area contributed by atoms with Crippen LogP contribution < -0.4 is 10.5 Å². The Morgan fingerprint density at radius 3 is 2.70 bits per heavy atom. The largest absolute Gasteiger partial charge is 0.481 e. The highest BCUT2D eigenvalue weighted by molar-refractivity contribution is 5.78. The second kappa shape index (κ2) is 5.13. The van der Waals surface area contributed by atoms with E-state index in [1.807, 2.05) is 30.3 Å². The minimum atomic E-state index is 0.208. The molecule has 2 N–H and O–H groups in total. The molecule has 0 unspecified atom stereocenters. The number of para-hydroxylation sites is 1. The molecule has 0 saturated carbocycles. The molecule has 0 atom stereocenters. The number of methoxy groups -OCH3 is 1. The second-order valence-corrected chi connectivity index (χ2v) is 4.43. The number of benzene rings is 1. The fraction of sp³-hybridized carbons (Fsp3) is 0.133. The molecule has 5 heteroatoms. The molecule has 3 aromatic rings. The lowest BCUT2D eigenvalue weighted by Gasteiger charge is -2.05. The Hall–Kier alpha value is -2.69. The molecular weight excluding hydrogens is 252 g/mol. The number of hydrogen-bond acceptors (Lipinski definition) is 5. The van der Waals surface area contributed by atoms with Gasteiger partial charge in [-0.1, -0.05) is 24.3 Å². The van der Waals surface area contributed by atoms with Gasteiger partial charge in [0.1, 0.15) is 0 Å². The first kappa shape index (κ1) is 12.3. The number of rotatable bonds is 3. The fourth-order valence-corrected chi connectivity index (χ4v) is 2.08. The van der Waals surface area contributed by atoms with Crippen molar-refractivity contribution >= 4 is 16.9 Å². The summed E-state index contributed by atoms with van der Waals surface area (Å²) in [4.78, 5) is 12.8. The van der Waals surface area contributed by atoms with Gasteiger partial charge in [0, 0.05) is 23.6 Å². The molecule has 1 aromatic carbocycles. The van der Waals surface area contributed by atoms with Crippen LogP contribution in [-0.2, 0) is 6.42 Å². The Labute approximate surface area is 116 Å². The topological polar surface area (TPSA) is 73.9 Å². The van der Waals surface area contributed by atoms with Crippen LogP contribution in [0.2, 0.25) is 0 Å². The number of nitrogen functional groups attached to an aromatic ring is 1. The number of anilines is 1. The number of hydrogen-bond donors (Lipinski definition) is 1. The normalized spacial score (nSPS) is 10.7. The molecule has 0 aliphatic rings. The molecule has 20 heavy (non-hydrogen) atoms. The van der Waals surface area contributed by atoms with Crippen LogP contribution in [0.5, 0.6) is 5.88 Å². The van der Waals surface area contributed by atoms with Crippen molar-refractivity contribution in [1.82, 2.24) is 15.0 Å². The number of aromatic nitrogens is 3. The Morgan fingerprint density at radius 2 is 1.85 bits per heavy atom. The van der Waals surface area contributed by atoms with E-state index in [1.54, 1.807) is 13.2 Å². The zero-order chi connectivity index (χ0) is 13.9. The minimum Gasteiger partial charge on any atom is -0.481 e. The maximum absolute atomic E-state index is 5.66. The molecule has 0 aliphatic carbocycles. The molecular formula is C15H14N4O. The molecule has 0 saturated heterocycles. The average molecular weight is 266 g/mol. The fourth-order valence-electron chi connectivity index (χ4n) is 2.08. The van der Waals surface area contributed by atoms with Crippen molar-refractivity contribution in [3.05, 3.63) is 53.9 Å². The van der Waals surface area contributed by atoms with Crippen LogP contribution in [0, 0.1) is 0 Å². The molecule has 2 heterocycles. The van der Waals surface area contributed by atoms with Crippen LogP contribution in [0.1, 0.15) is 11.4 Å². The first-order chi connectivity index (χ1) is 9.74. The van der Waals surface area contributed by atoms with Crippen molar-refractivity contribution in [2.24, 2.45) is 0 Å². The van der Waals surface area contributed by atoms with Crippen molar-refractivity contribution in [1.29, 1.82) is 0 Å². The molecule has 5 nitrogen and oxygen atoms in total. The maximum atomic E-state index is 5.66. The lowest BCUT2D eigenvalue weighted by atomic mass is 10.1. The third-order valence-corrected chi connectivity index (χ3v) is 3.00. The summed E-state index contributed by atoms with van der Waals surface area (Å²) in [5, 5.41) is 1.12. The molecule has 0 bridgehead atoms. The van der Waals surface area contributed by atoms with E-state index >= 15 is 0 Å². The third-order valence-electron chi connectivity index (χ3n) is 3.00. The Balaban J connectivity index is 1.94. The summed E-state index contributed by atoms with van der Waals surface area (Å²) in [5.74, 6) is 0.674. The van der Waals surface area contributed by atoms with Gasteiger partial charge in [-0.3, -0.25) is 4.98 Å². The number of nitrogens with zero attached hydrogens (tertiary/aromatic N) is 3. The van der Waals surface area contributed by atoms with Gasteiger partial charge in [0.25, 0.3) is 0 Å². The number of nitrogens with two attached hydrogens (primary N) is 1. The molecule has 0 spiro atoms. The average Bonchev–Trinajstić information content (AvgIpc) is 2.46. The van der Waals surface area contributed by atoms with Crippen molar-refractivity contribution in [3.8, 4) is 5.88 Å². The van der Waals surface area contributed by atoms with E-state index in [4.69, 9.17) is 10.5 Å². The van der Waals surface area contributed by atoms with Gasteiger partial charge in [0.05, 0.1) is 18.3 Å². The number of fused-ring (bicyclic) bond motifs is 1. The van der Waals surface area contributed by atoms with E-state index in [0.29, 0.717) is 12.3 Å². The highest BCUT2D eigenvalue weighted by Crippen LogP contribution is 2.16. The molecule has 0 amide bonds. The van der Waals surface area contributed by atoms with Gasteiger partial charge in [-0.25, -0.2) is 4.98 Å². The van der Waals surface area contributed by atoms with Gasteiger partial charge in [-0.05, 0) is 12.1 Å². The van der Waals surface area contributed by atoms with Gasteiger partial charge in [0.15, 0.2) is 0 Å². The van der Waals surface area contributed by atoms with E-state index < -0.39 is 0 Å². The predicted octanol–water partition coefficient (Wildman–Crippen LogP) is 2.21. The van der Waals surface area contributed by atoms with E-state index in [0.717, 1.165) is 22.3 Å². The van der Waals surface area contributed by atoms with Crippen molar-refractivity contribution in [2.45, 2.75) is 6.42 Å². The lowest BCUT2D eigenvalue weighted by molar-refractivity contribution is 0.397. The Bertz CT molecular complexity index is 758. The first-order valence-corrected chi connectivity index (χ1v) is 6.27. The summed E-state index contributed by atoms with van der Waals surface area (Å²) in [7, 11) is 1.56. The van der Waals surface area contributed by atoms with Crippen LogP contribution in [0.15, 0.2) is 42.5 Å². The van der Waals surface area contributed by atoms with Gasteiger partial charge in [-0.2, -0.15) is 4.98 Å². The summed E-state index contributed by atoms with van der Waals surface area (Å²) in [5.41, 5.74) is 8.35. The monoisotopic (exact) mass is 266 g/mol. The van der Waals surface area contributed by atoms with Gasteiger partial charge >= 0.3 is 0 Å². The lowest BCUT2D eigenvalue weighted by Crippen LogP contribution is -2.03. The van der Waals surface area contributed by atoms with Crippen LogP contribution in [0.4, 0.5) is 5.95 Å².